The Hall–Kier alpha value is 0.160. The van der Waals surface area contributed by atoms with E-state index in [0.717, 1.165) is 36.6 Å². The van der Waals surface area contributed by atoms with Crippen molar-refractivity contribution in [2.75, 3.05) is 11.0 Å². The summed E-state index contributed by atoms with van der Waals surface area (Å²) in [7, 11) is 0. The van der Waals surface area contributed by atoms with E-state index in [2.05, 4.69) is 55.2 Å². The van der Waals surface area contributed by atoms with E-state index in [4.69, 9.17) is 4.74 Å². The molecule has 0 aromatic heterocycles. The number of amides is 1. The van der Waals surface area contributed by atoms with Gasteiger partial charge in [-0.05, 0) is 94.3 Å². The molecule has 29 heavy (non-hydrogen) atoms. The normalized spacial score (nSPS) is 50.9. The van der Waals surface area contributed by atoms with Crippen molar-refractivity contribution in [2.24, 2.45) is 34.5 Å². The predicted octanol–water partition coefficient (Wildman–Crippen LogP) is 6.19. The first-order chi connectivity index (χ1) is 13.7. The molecular weight excluding hydrogens is 473 g/mol. The Labute approximate surface area is 191 Å². The van der Waals surface area contributed by atoms with Crippen LogP contribution in [0.3, 0.4) is 0 Å². The number of fused-ring (bicyclic) bond motifs is 6. The Morgan fingerprint density at radius 1 is 0.966 bits per heavy atom. The van der Waals surface area contributed by atoms with Crippen LogP contribution in [0.25, 0.3) is 0 Å². The molecule has 0 radical (unpaired) electrons. The van der Waals surface area contributed by atoms with E-state index in [-0.39, 0.29) is 16.9 Å². The van der Waals surface area contributed by atoms with Crippen molar-refractivity contribution >= 4 is 28.5 Å². The van der Waals surface area contributed by atoms with E-state index in [1.54, 1.807) is 0 Å². The topological polar surface area (TPSA) is 29.5 Å². The van der Waals surface area contributed by atoms with Crippen LogP contribution in [0.5, 0.6) is 0 Å². The summed E-state index contributed by atoms with van der Waals surface area (Å²) in [5.41, 5.74) is 0.225. The summed E-state index contributed by atoms with van der Waals surface area (Å²) >= 11 is 2.21. The Bertz CT molecular complexity index is 694. The van der Waals surface area contributed by atoms with Crippen LogP contribution in [0.4, 0.5) is 0 Å². The number of ether oxygens (including phenoxy) is 1. The molecule has 5 aliphatic rings. The molecule has 1 saturated heterocycles. The maximum absolute atomic E-state index is 12.7. The van der Waals surface area contributed by atoms with E-state index in [9.17, 15) is 4.79 Å². The van der Waals surface area contributed by atoms with Crippen LogP contribution in [-0.4, -0.2) is 33.1 Å². The molecule has 3 nitrogen and oxygen atoms in total. The van der Waals surface area contributed by atoms with Crippen LogP contribution < -0.4 is 0 Å². The number of rotatable bonds is 1. The molecule has 0 N–H and O–H groups in total. The second-order valence-electron chi connectivity index (χ2n) is 12.1. The maximum Gasteiger partial charge on any atom is 0.234 e. The minimum atomic E-state index is -0.468. The van der Waals surface area contributed by atoms with Crippen molar-refractivity contribution in [1.82, 2.24) is 4.90 Å². The molecule has 164 valence electrons. The van der Waals surface area contributed by atoms with Gasteiger partial charge in [0.2, 0.25) is 5.91 Å². The van der Waals surface area contributed by atoms with Crippen LogP contribution in [0.2, 0.25) is 0 Å². The third kappa shape index (κ3) is 2.79. The highest BCUT2D eigenvalue weighted by Gasteiger charge is 2.69. The van der Waals surface area contributed by atoms with Gasteiger partial charge in [-0.15, -0.1) is 0 Å². The lowest BCUT2D eigenvalue weighted by molar-refractivity contribution is -0.188. The molecule has 4 aliphatic carbocycles. The smallest absolute Gasteiger partial charge is 0.234 e. The molecule has 7 atom stereocenters. The Morgan fingerprint density at radius 2 is 1.72 bits per heavy atom. The number of carbonyl (C=O) groups excluding carboxylic acids is 1. The fourth-order valence-corrected chi connectivity index (χ4v) is 9.70. The summed E-state index contributed by atoms with van der Waals surface area (Å²) in [6.07, 6.45) is 13.9. The molecule has 1 spiro atoms. The lowest BCUT2D eigenvalue weighted by Gasteiger charge is -2.61. The number of carbonyl (C=O) groups is 1. The van der Waals surface area contributed by atoms with Crippen LogP contribution in [-0.2, 0) is 9.53 Å². The lowest BCUT2D eigenvalue weighted by Crippen LogP contribution is -2.57. The summed E-state index contributed by atoms with van der Waals surface area (Å²) in [5, 5.41) is 0. The van der Waals surface area contributed by atoms with Gasteiger partial charge in [-0.3, -0.25) is 4.79 Å². The quantitative estimate of drug-likeness (QED) is 0.309. The van der Waals surface area contributed by atoms with Crippen molar-refractivity contribution in [2.45, 2.75) is 103 Å². The van der Waals surface area contributed by atoms with E-state index >= 15 is 0 Å². The minimum absolute atomic E-state index is 0.127. The van der Waals surface area contributed by atoms with Crippen molar-refractivity contribution < 1.29 is 9.53 Å². The van der Waals surface area contributed by atoms with Gasteiger partial charge in [0.1, 0.15) is 5.72 Å². The van der Waals surface area contributed by atoms with E-state index in [1.807, 2.05) is 0 Å². The number of hydrogen-bond acceptors (Lipinski definition) is 2. The van der Waals surface area contributed by atoms with Crippen molar-refractivity contribution in [1.29, 1.82) is 0 Å². The largest absolute Gasteiger partial charge is 0.347 e. The predicted molar refractivity (Wildman–Crippen MR) is 125 cm³/mol. The first-order valence-electron chi connectivity index (χ1n) is 12.2. The second-order valence-corrected chi connectivity index (χ2v) is 12.8. The zero-order chi connectivity index (χ0) is 20.7. The van der Waals surface area contributed by atoms with Gasteiger partial charge >= 0.3 is 0 Å². The lowest BCUT2D eigenvalue weighted by atomic mass is 9.44. The van der Waals surface area contributed by atoms with Crippen LogP contribution >= 0.6 is 22.6 Å². The molecule has 0 aromatic rings. The molecule has 5 rings (SSSR count). The molecule has 5 fully saturated rings. The van der Waals surface area contributed by atoms with Crippen LogP contribution in [0.1, 0.15) is 91.9 Å². The second kappa shape index (κ2) is 6.83. The van der Waals surface area contributed by atoms with E-state index in [0.29, 0.717) is 9.84 Å². The van der Waals surface area contributed by atoms with Crippen molar-refractivity contribution in [3.8, 4) is 0 Å². The first kappa shape index (κ1) is 21.0. The Morgan fingerprint density at radius 3 is 2.48 bits per heavy atom. The van der Waals surface area contributed by atoms with Gasteiger partial charge in [-0.1, -0.05) is 49.3 Å². The third-order valence-electron chi connectivity index (χ3n) is 10.8. The standard InChI is InChI=1S/C25H40INO2/c1-22(2)27(21(28)15-26)16-25(29-22)14-11-20-18-9-8-17-7-5-6-12-23(17,3)19(18)10-13-24(20,25)4/h17-20H,5-16H2,1-4H3/t17-,18+,19+,20-,23+,24+,25-/m1/s1. The molecule has 1 heterocycles. The molecule has 4 saturated carbocycles. The van der Waals surface area contributed by atoms with Gasteiger partial charge in [0.15, 0.2) is 0 Å². The van der Waals surface area contributed by atoms with Gasteiger partial charge in [0.05, 0.1) is 16.6 Å². The molecule has 1 aliphatic heterocycles. The van der Waals surface area contributed by atoms with Gasteiger partial charge in [0, 0.05) is 5.41 Å². The summed E-state index contributed by atoms with van der Waals surface area (Å²) in [4.78, 5) is 14.8. The summed E-state index contributed by atoms with van der Waals surface area (Å²) in [6, 6.07) is 0. The number of nitrogens with zero attached hydrogens (tertiary/aromatic N) is 1. The molecule has 0 unspecified atom stereocenters. The Balaban J connectivity index is 1.45. The SMILES string of the molecule is CC1(C)O[C@]2(CC[C@@H]3[C@H]4CC[C@H]5CCCC[C@]5(C)[C@H]4CC[C@@]32C)CN1C(=O)CI. The zero-order valence-electron chi connectivity index (χ0n) is 18.9. The van der Waals surface area contributed by atoms with Gasteiger partial charge < -0.3 is 9.64 Å². The zero-order valence-corrected chi connectivity index (χ0v) is 21.1. The number of halogens is 1. The molecule has 4 heteroatoms. The van der Waals surface area contributed by atoms with Gasteiger partial charge in [0.25, 0.3) is 0 Å². The third-order valence-corrected chi connectivity index (χ3v) is 11.4. The minimum Gasteiger partial charge on any atom is -0.347 e. The maximum atomic E-state index is 12.7. The van der Waals surface area contributed by atoms with Crippen molar-refractivity contribution in [3.05, 3.63) is 0 Å². The average Bonchev–Trinajstić information content (AvgIpc) is 3.13. The summed E-state index contributed by atoms with van der Waals surface area (Å²) in [6.45, 7) is 10.2. The number of hydrogen-bond donors (Lipinski definition) is 0. The monoisotopic (exact) mass is 513 g/mol. The summed E-state index contributed by atoms with van der Waals surface area (Å²) < 4.78 is 7.47. The van der Waals surface area contributed by atoms with Gasteiger partial charge in [-0.25, -0.2) is 0 Å². The summed E-state index contributed by atoms with van der Waals surface area (Å²) in [5.74, 6) is 3.82. The van der Waals surface area contributed by atoms with Crippen molar-refractivity contribution in [3.63, 3.8) is 0 Å². The molecule has 0 bridgehead atoms. The number of alkyl halides is 1. The highest BCUT2D eigenvalue weighted by atomic mass is 127. The first-order valence-corrected chi connectivity index (χ1v) is 13.8. The van der Waals surface area contributed by atoms with Crippen LogP contribution in [0, 0.1) is 34.5 Å². The average molecular weight is 514 g/mol. The van der Waals surface area contributed by atoms with Gasteiger partial charge in [-0.2, -0.15) is 0 Å². The molecular formula is C25H40INO2. The van der Waals surface area contributed by atoms with E-state index < -0.39 is 5.72 Å². The molecule has 1 amide bonds. The fraction of sp³-hybridized carbons (Fsp3) is 0.960. The fourth-order valence-electron chi connectivity index (χ4n) is 9.29. The highest BCUT2D eigenvalue weighted by Crippen LogP contribution is 2.70. The molecule has 0 aromatic carbocycles. The van der Waals surface area contributed by atoms with Crippen LogP contribution in [0.15, 0.2) is 0 Å². The van der Waals surface area contributed by atoms with E-state index in [1.165, 1.54) is 57.8 Å². The Kier molecular flexibility index (Phi) is 4.95. The highest BCUT2D eigenvalue weighted by molar-refractivity contribution is 14.1.